The molecule has 0 aromatic carbocycles. The van der Waals surface area contributed by atoms with Crippen LogP contribution in [0.5, 0.6) is 0 Å². The minimum absolute atomic E-state index is 0.0369. The third kappa shape index (κ3) is 2.11. The minimum atomic E-state index is -2.49. The summed E-state index contributed by atoms with van der Waals surface area (Å²) in [6.45, 7) is 6.56. The zero-order valence-corrected chi connectivity index (χ0v) is 16.7. The number of fused-ring (bicyclic) bond motifs is 5. The van der Waals surface area contributed by atoms with E-state index in [0.717, 1.165) is 12.2 Å². The Labute approximate surface area is 172 Å². The Kier molecular flexibility index (Phi) is 4.17. The average Bonchev–Trinajstić information content (AvgIpc) is 2.86. The number of hydrogen-bond donors (Lipinski definition) is 3. The molecule has 0 radical (unpaired) electrons. The van der Waals surface area contributed by atoms with Gasteiger partial charge >= 0.3 is 5.97 Å². The molecule has 4 aliphatic carbocycles. The molecule has 4 aliphatic rings. The van der Waals surface area contributed by atoms with E-state index in [2.05, 4.69) is 6.58 Å². The van der Waals surface area contributed by atoms with Gasteiger partial charge in [-0.3, -0.25) is 9.59 Å². The second-order valence-corrected chi connectivity index (χ2v) is 9.51. The van der Waals surface area contributed by atoms with Crippen LogP contribution in [0.15, 0.2) is 36.0 Å². The average molecular weight is 422 g/mol. The number of hydrogen-bond acceptors (Lipinski definition) is 5. The molecule has 3 saturated carbocycles. The van der Waals surface area contributed by atoms with Crippen molar-refractivity contribution in [1.82, 2.24) is 0 Å². The maximum atomic E-state index is 16.8. The number of Topliss-reactive ketones (excluding diaryl/α,β-unsaturated/α-hetero) is 1. The molecule has 0 amide bonds. The summed E-state index contributed by atoms with van der Waals surface area (Å²) in [6.07, 6.45) is -0.737. The number of aliphatic carboxylic acids is 1. The van der Waals surface area contributed by atoms with Gasteiger partial charge in [-0.25, -0.2) is 13.6 Å². The summed E-state index contributed by atoms with van der Waals surface area (Å²) in [5, 5.41) is 31.5. The highest BCUT2D eigenvalue weighted by molar-refractivity contribution is 6.37. The first kappa shape index (κ1) is 21.1. The Hall–Kier alpha value is -2.19. The van der Waals surface area contributed by atoms with Crippen molar-refractivity contribution in [3.05, 3.63) is 36.0 Å². The topological polar surface area (TPSA) is 112 Å². The van der Waals surface area contributed by atoms with Crippen LogP contribution in [0, 0.1) is 22.7 Å². The first-order chi connectivity index (χ1) is 13.7. The molecule has 0 spiro atoms. The number of halogens is 2. The van der Waals surface area contributed by atoms with Crippen molar-refractivity contribution in [3.8, 4) is 0 Å². The van der Waals surface area contributed by atoms with Crippen LogP contribution in [0.25, 0.3) is 0 Å². The Morgan fingerprint density at radius 1 is 1.27 bits per heavy atom. The van der Waals surface area contributed by atoms with E-state index in [1.165, 1.54) is 19.9 Å². The maximum absolute atomic E-state index is 16.8. The number of carboxylic acid groups (broad SMARTS) is 1. The fourth-order valence-electron chi connectivity index (χ4n) is 6.74. The molecule has 0 aromatic heterocycles. The highest BCUT2D eigenvalue weighted by Gasteiger charge is 2.76. The monoisotopic (exact) mass is 422 g/mol. The minimum Gasteiger partial charge on any atom is -0.475 e. The number of rotatable bonds is 2. The van der Waals surface area contributed by atoms with Gasteiger partial charge in [0.2, 0.25) is 0 Å². The van der Waals surface area contributed by atoms with Crippen molar-refractivity contribution >= 4 is 17.5 Å². The summed E-state index contributed by atoms with van der Waals surface area (Å²) in [6, 6.07) is 0. The van der Waals surface area contributed by atoms with Gasteiger partial charge < -0.3 is 15.3 Å². The van der Waals surface area contributed by atoms with E-state index in [1.54, 1.807) is 0 Å². The smallest absolute Gasteiger partial charge is 0.375 e. The van der Waals surface area contributed by atoms with Gasteiger partial charge in [-0.2, -0.15) is 0 Å². The maximum Gasteiger partial charge on any atom is 0.375 e. The van der Waals surface area contributed by atoms with Crippen molar-refractivity contribution in [1.29, 1.82) is 0 Å². The first-order valence-electron chi connectivity index (χ1n) is 9.89. The fraction of sp³-hybridized carbons (Fsp3) is 0.591. The van der Waals surface area contributed by atoms with E-state index in [1.807, 2.05) is 0 Å². The molecule has 3 N–H and O–H groups in total. The second kappa shape index (κ2) is 5.95. The molecular weight excluding hydrogens is 398 g/mol. The number of ketones is 2. The lowest BCUT2D eigenvalue weighted by atomic mass is 9.44. The Bertz CT molecular complexity index is 955. The Morgan fingerprint density at radius 3 is 2.50 bits per heavy atom. The highest BCUT2D eigenvalue weighted by atomic mass is 19.1. The van der Waals surface area contributed by atoms with Gasteiger partial charge in [0, 0.05) is 16.7 Å². The molecule has 6 nitrogen and oxygen atoms in total. The molecule has 0 aliphatic heterocycles. The summed E-state index contributed by atoms with van der Waals surface area (Å²) in [5.74, 6) is -5.76. The molecule has 0 bridgehead atoms. The third-order valence-corrected chi connectivity index (χ3v) is 8.35. The van der Waals surface area contributed by atoms with Gasteiger partial charge in [-0.15, -0.1) is 0 Å². The Morgan fingerprint density at radius 2 is 1.90 bits per heavy atom. The third-order valence-electron chi connectivity index (χ3n) is 8.35. The lowest BCUT2D eigenvalue weighted by molar-refractivity contribution is -0.220. The number of allylic oxidation sites excluding steroid dienone is 4. The number of carboxylic acids is 1. The van der Waals surface area contributed by atoms with Gasteiger partial charge in [0.25, 0.3) is 5.78 Å². The predicted octanol–water partition coefficient (Wildman–Crippen LogP) is 1.86. The number of carbonyl (C=O) groups is 3. The molecule has 3 fully saturated rings. The number of aliphatic hydroxyl groups is 2. The predicted molar refractivity (Wildman–Crippen MR) is 101 cm³/mol. The first-order valence-corrected chi connectivity index (χ1v) is 9.89. The van der Waals surface area contributed by atoms with Crippen LogP contribution >= 0.6 is 0 Å². The van der Waals surface area contributed by atoms with Gasteiger partial charge in [0.1, 0.15) is 6.17 Å². The van der Waals surface area contributed by atoms with E-state index in [4.69, 9.17) is 0 Å². The molecule has 0 heterocycles. The lowest BCUT2D eigenvalue weighted by Crippen LogP contribution is -2.70. The SMILES string of the molecule is C=C1C[C@H]2[C@@H]3CC(F)C4=CC(=O)C=C[C@]4(C)[C@@]3(F)C(O)C[C@]2(C)[C@@]1(O)C(=O)C(=O)O. The number of aliphatic hydroxyl groups excluding tert-OH is 1. The van der Waals surface area contributed by atoms with E-state index in [-0.39, 0.29) is 24.0 Å². The van der Waals surface area contributed by atoms with Gasteiger partial charge in [-0.1, -0.05) is 19.6 Å². The van der Waals surface area contributed by atoms with Crippen molar-refractivity contribution in [2.45, 2.75) is 56.7 Å². The summed E-state index contributed by atoms with van der Waals surface area (Å²) in [5.41, 5.74) is -8.11. The van der Waals surface area contributed by atoms with E-state index in [0.29, 0.717) is 0 Å². The van der Waals surface area contributed by atoms with Crippen molar-refractivity contribution in [2.75, 3.05) is 0 Å². The Balaban J connectivity index is 1.89. The molecule has 4 rings (SSSR count). The summed E-state index contributed by atoms with van der Waals surface area (Å²) in [7, 11) is 0. The zero-order valence-electron chi connectivity index (χ0n) is 16.7. The van der Waals surface area contributed by atoms with Crippen LogP contribution in [0.3, 0.4) is 0 Å². The quantitative estimate of drug-likeness (QED) is 0.463. The number of carbonyl (C=O) groups excluding carboxylic acids is 2. The molecule has 8 atom stereocenters. The van der Waals surface area contributed by atoms with Gasteiger partial charge in [0.15, 0.2) is 17.1 Å². The normalized spacial score (nSPS) is 49.7. The zero-order chi connectivity index (χ0) is 22.4. The van der Waals surface area contributed by atoms with Crippen LogP contribution in [0.2, 0.25) is 0 Å². The van der Waals surface area contributed by atoms with Crippen LogP contribution in [-0.2, 0) is 14.4 Å². The summed E-state index contributed by atoms with van der Waals surface area (Å²) in [4.78, 5) is 35.7. The summed E-state index contributed by atoms with van der Waals surface area (Å²) >= 11 is 0. The van der Waals surface area contributed by atoms with Crippen LogP contribution in [0.4, 0.5) is 8.78 Å². The van der Waals surface area contributed by atoms with Crippen molar-refractivity contribution in [3.63, 3.8) is 0 Å². The molecule has 162 valence electrons. The van der Waals surface area contributed by atoms with Crippen LogP contribution in [-0.4, -0.2) is 56.4 Å². The van der Waals surface area contributed by atoms with E-state index in [9.17, 15) is 29.7 Å². The molecular formula is C22H24F2O6. The van der Waals surface area contributed by atoms with Gasteiger partial charge in [-0.05, 0) is 55.4 Å². The second-order valence-electron chi connectivity index (χ2n) is 9.51. The van der Waals surface area contributed by atoms with Crippen LogP contribution < -0.4 is 0 Å². The molecule has 0 aromatic rings. The molecule has 8 heteroatoms. The van der Waals surface area contributed by atoms with Gasteiger partial charge in [0.05, 0.1) is 6.10 Å². The number of alkyl halides is 2. The summed E-state index contributed by atoms with van der Waals surface area (Å²) < 4.78 is 32.1. The molecule has 0 saturated heterocycles. The van der Waals surface area contributed by atoms with Crippen LogP contribution in [0.1, 0.15) is 33.1 Å². The van der Waals surface area contributed by atoms with Crippen molar-refractivity contribution in [2.24, 2.45) is 22.7 Å². The van der Waals surface area contributed by atoms with E-state index < -0.39 is 70.2 Å². The standard InChI is InChI=1S/C22H24F2O6/c1-10-6-12-13-8-15(23)14-7-11(25)4-5-19(14,2)21(13,24)16(26)9-20(12,3)22(10,30)17(27)18(28)29/h4-5,7,12-13,15-16,26,30H,1,6,8-9H2,2-3H3,(H,28,29)/t12-,13-,15?,16?,19-,20-,21-,22-/m0/s1. The molecule has 30 heavy (non-hydrogen) atoms. The van der Waals surface area contributed by atoms with Crippen molar-refractivity contribution < 1.29 is 38.5 Å². The van der Waals surface area contributed by atoms with E-state index >= 15 is 8.78 Å². The fourth-order valence-corrected chi connectivity index (χ4v) is 6.74. The highest BCUT2D eigenvalue weighted by Crippen LogP contribution is 2.70. The lowest BCUT2D eigenvalue weighted by Gasteiger charge is -2.62. The largest absolute Gasteiger partial charge is 0.475 e. The molecule has 2 unspecified atom stereocenters.